The molecule has 4 nitrogen and oxygen atoms in total. The molecule has 3 aliphatic heterocycles. The molecule has 0 N–H and O–H groups in total. The van der Waals surface area contributed by atoms with E-state index in [2.05, 4.69) is 49.2 Å². The molecule has 2 fully saturated rings. The Hall–Kier alpha value is -1.78. The summed E-state index contributed by atoms with van der Waals surface area (Å²) in [6.07, 6.45) is 4.62. The van der Waals surface area contributed by atoms with Gasteiger partial charge >= 0.3 is 0 Å². The summed E-state index contributed by atoms with van der Waals surface area (Å²) in [5, 5.41) is 1.32. The maximum absolute atomic E-state index is 6.40. The summed E-state index contributed by atoms with van der Waals surface area (Å²) in [6, 6.07) is 9.14. The molecule has 132 valence electrons. The van der Waals surface area contributed by atoms with Gasteiger partial charge in [0.15, 0.2) is 0 Å². The molecule has 0 saturated carbocycles. The molecule has 4 atom stereocenters. The lowest BCUT2D eigenvalue weighted by Crippen LogP contribution is -2.54. The van der Waals surface area contributed by atoms with Crippen molar-refractivity contribution in [3.05, 3.63) is 47.2 Å². The minimum Gasteiger partial charge on any atom is -0.417 e. The Balaban J connectivity index is 1.75. The van der Waals surface area contributed by atoms with Crippen molar-refractivity contribution in [2.75, 3.05) is 27.3 Å². The molecule has 1 aromatic heterocycles. The number of piperidine rings is 1. The van der Waals surface area contributed by atoms with Crippen LogP contribution in [0.4, 0.5) is 0 Å². The molecular weight excluding hydrogens is 312 g/mol. The molecule has 2 aromatic rings. The van der Waals surface area contributed by atoms with Crippen LogP contribution in [0.5, 0.6) is 0 Å². The standard InChI is InChI=1S/C21H26N2O2/c1-4-13-11-22(2)19-9-16-14-7-5-6-8-18(14)23(24-3)21(16)20-10-15(13)17(19)12-25-20/h4-8,15,17,19-20H,9-12H2,1-3H3/b13-4+/t15-,17-,19-,20+/m0/s1. The van der Waals surface area contributed by atoms with Crippen molar-refractivity contribution in [3.63, 3.8) is 0 Å². The second kappa shape index (κ2) is 5.61. The van der Waals surface area contributed by atoms with Gasteiger partial charge < -0.3 is 9.57 Å². The molecule has 6 rings (SSSR count). The molecule has 0 spiro atoms. The van der Waals surface area contributed by atoms with Crippen LogP contribution in [0.2, 0.25) is 0 Å². The predicted octanol–water partition coefficient (Wildman–Crippen LogP) is 3.21. The average Bonchev–Trinajstić information content (AvgIpc) is 2.94. The smallest absolute Gasteiger partial charge is 0.104 e. The summed E-state index contributed by atoms with van der Waals surface area (Å²) in [4.78, 5) is 8.36. The highest BCUT2D eigenvalue weighted by molar-refractivity contribution is 5.85. The van der Waals surface area contributed by atoms with Gasteiger partial charge in [0, 0.05) is 23.9 Å². The summed E-state index contributed by atoms with van der Waals surface area (Å²) in [6.45, 7) is 4.13. The lowest BCUT2D eigenvalue weighted by atomic mass is 9.69. The second-order valence-corrected chi connectivity index (χ2v) is 7.74. The summed E-state index contributed by atoms with van der Waals surface area (Å²) in [5.74, 6) is 1.24. The van der Waals surface area contributed by atoms with Crippen molar-refractivity contribution < 1.29 is 9.57 Å². The van der Waals surface area contributed by atoms with E-state index in [4.69, 9.17) is 9.57 Å². The Bertz CT molecular complexity index is 853. The first kappa shape index (κ1) is 15.5. The Kier molecular flexibility index (Phi) is 3.47. The Morgan fingerprint density at radius 2 is 2.12 bits per heavy atom. The van der Waals surface area contributed by atoms with Gasteiger partial charge in [-0.15, -0.1) is 0 Å². The zero-order chi connectivity index (χ0) is 17.1. The second-order valence-electron chi connectivity index (χ2n) is 7.74. The summed E-state index contributed by atoms with van der Waals surface area (Å²) < 4.78 is 8.42. The number of likely N-dealkylation sites (N-methyl/N-ethyl adjacent to an activating group) is 1. The van der Waals surface area contributed by atoms with Crippen LogP contribution >= 0.6 is 0 Å². The topological polar surface area (TPSA) is 26.6 Å². The minimum atomic E-state index is 0.128. The first-order valence-electron chi connectivity index (χ1n) is 9.36. The zero-order valence-corrected chi connectivity index (χ0v) is 15.2. The lowest BCUT2D eigenvalue weighted by molar-refractivity contribution is -0.0887. The first-order chi connectivity index (χ1) is 12.2. The highest BCUT2D eigenvalue weighted by atomic mass is 16.6. The van der Waals surface area contributed by atoms with Gasteiger partial charge in [-0.25, -0.2) is 0 Å². The van der Waals surface area contributed by atoms with E-state index in [0.717, 1.165) is 31.5 Å². The van der Waals surface area contributed by atoms with Gasteiger partial charge in [0.1, 0.15) is 13.2 Å². The fourth-order valence-electron chi connectivity index (χ4n) is 5.52. The third-order valence-corrected chi connectivity index (χ3v) is 6.69. The molecule has 4 heteroatoms. The fourth-order valence-corrected chi connectivity index (χ4v) is 5.52. The Morgan fingerprint density at radius 1 is 1.28 bits per heavy atom. The van der Waals surface area contributed by atoms with Gasteiger partial charge in [-0.2, -0.15) is 4.73 Å². The molecule has 0 radical (unpaired) electrons. The summed E-state index contributed by atoms with van der Waals surface area (Å²) >= 11 is 0. The van der Waals surface area contributed by atoms with Crippen molar-refractivity contribution in [2.45, 2.75) is 31.9 Å². The molecule has 1 aliphatic carbocycles. The molecule has 25 heavy (non-hydrogen) atoms. The van der Waals surface area contributed by atoms with Gasteiger partial charge in [-0.1, -0.05) is 29.8 Å². The molecule has 4 bridgehead atoms. The molecule has 0 amide bonds. The van der Waals surface area contributed by atoms with Crippen molar-refractivity contribution >= 4 is 10.9 Å². The molecule has 4 heterocycles. The number of nitrogens with zero attached hydrogens (tertiary/aromatic N) is 2. The van der Waals surface area contributed by atoms with E-state index < -0.39 is 0 Å². The van der Waals surface area contributed by atoms with Gasteiger partial charge in [-0.3, -0.25) is 4.90 Å². The number of allylic oxidation sites excluding steroid dienone is 1. The minimum absolute atomic E-state index is 0.128. The number of rotatable bonds is 1. The number of aromatic nitrogens is 1. The number of benzene rings is 1. The van der Waals surface area contributed by atoms with Gasteiger partial charge in [0.25, 0.3) is 0 Å². The zero-order valence-electron chi connectivity index (χ0n) is 15.2. The quantitative estimate of drug-likeness (QED) is 0.747. The van der Waals surface area contributed by atoms with Crippen molar-refractivity contribution in [3.8, 4) is 0 Å². The van der Waals surface area contributed by atoms with Crippen LogP contribution in [0.15, 0.2) is 35.9 Å². The van der Waals surface area contributed by atoms with Gasteiger partial charge in [-0.05, 0) is 44.4 Å². The van der Waals surface area contributed by atoms with Gasteiger partial charge in [0.2, 0.25) is 0 Å². The number of para-hydroxylation sites is 1. The molecule has 4 aliphatic rings. The molecule has 2 saturated heterocycles. The van der Waals surface area contributed by atoms with E-state index in [0.29, 0.717) is 17.9 Å². The van der Waals surface area contributed by atoms with Crippen LogP contribution in [0.25, 0.3) is 10.9 Å². The SMILES string of the molecule is C/C=C1\CN(C)[C@H]2Cc3c(n(OC)c4ccccc34)[C@H]3C[C@@H]1[C@@H]2CO3. The maximum Gasteiger partial charge on any atom is 0.104 e. The van der Waals surface area contributed by atoms with Crippen LogP contribution in [-0.4, -0.2) is 43.0 Å². The number of hydrogen-bond acceptors (Lipinski definition) is 3. The average molecular weight is 338 g/mol. The predicted molar refractivity (Wildman–Crippen MR) is 98.6 cm³/mol. The highest BCUT2D eigenvalue weighted by Crippen LogP contribution is 2.49. The van der Waals surface area contributed by atoms with E-state index in [-0.39, 0.29) is 6.10 Å². The molecular formula is C21H26N2O2. The van der Waals surface area contributed by atoms with Crippen molar-refractivity contribution in [1.82, 2.24) is 9.63 Å². The number of fused-ring (bicyclic) bond motifs is 2. The number of likely N-dealkylation sites (tertiary alicyclic amines) is 1. The van der Waals surface area contributed by atoms with E-state index in [1.165, 1.54) is 16.6 Å². The van der Waals surface area contributed by atoms with E-state index in [1.807, 2.05) is 4.73 Å². The Labute approximate surface area is 149 Å². The van der Waals surface area contributed by atoms with Crippen molar-refractivity contribution in [2.24, 2.45) is 11.8 Å². The molecule has 1 aromatic carbocycles. The molecule has 0 unspecified atom stereocenters. The van der Waals surface area contributed by atoms with E-state index in [1.54, 1.807) is 12.7 Å². The van der Waals surface area contributed by atoms with E-state index in [9.17, 15) is 0 Å². The Morgan fingerprint density at radius 3 is 2.92 bits per heavy atom. The van der Waals surface area contributed by atoms with Crippen molar-refractivity contribution in [1.29, 1.82) is 0 Å². The van der Waals surface area contributed by atoms with Crippen LogP contribution in [-0.2, 0) is 11.2 Å². The first-order valence-corrected chi connectivity index (χ1v) is 9.36. The number of ether oxygens (including phenoxy) is 1. The third-order valence-electron chi connectivity index (χ3n) is 6.69. The van der Waals surface area contributed by atoms with Crippen LogP contribution in [0.1, 0.15) is 30.7 Å². The van der Waals surface area contributed by atoms with Crippen LogP contribution in [0, 0.1) is 11.8 Å². The van der Waals surface area contributed by atoms with Crippen LogP contribution < -0.4 is 4.84 Å². The van der Waals surface area contributed by atoms with E-state index >= 15 is 0 Å². The maximum atomic E-state index is 6.40. The lowest BCUT2D eigenvalue weighted by Gasteiger charge is -2.51. The third kappa shape index (κ3) is 2.07. The van der Waals surface area contributed by atoms with Crippen LogP contribution in [0.3, 0.4) is 0 Å². The monoisotopic (exact) mass is 338 g/mol. The number of hydrogen-bond donors (Lipinski definition) is 0. The highest BCUT2D eigenvalue weighted by Gasteiger charge is 2.47. The summed E-state index contributed by atoms with van der Waals surface area (Å²) in [7, 11) is 4.04. The fraction of sp³-hybridized carbons (Fsp3) is 0.524. The largest absolute Gasteiger partial charge is 0.417 e. The summed E-state index contributed by atoms with van der Waals surface area (Å²) in [5.41, 5.74) is 5.40. The van der Waals surface area contributed by atoms with Gasteiger partial charge in [0.05, 0.1) is 17.8 Å². The normalized spacial score (nSPS) is 33.3.